The van der Waals surface area contributed by atoms with E-state index in [1.54, 1.807) is 0 Å². The number of ketones is 1. The summed E-state index contributed by atoms with van der Waals surface area (Å²) in [5, 5.41) is 0. The Morgan fingerprint density at radius 1 is 1.20 bits per heavy atom. The molecule has 0 aromatic heterocycles. The number of piperidine rings is 1. The number of hydrogen-bond acceptors (Lipinski definition) is 2. The minimum Gasteiger partial charge on any atom is -0.300 e. The first-order valence-electron chi connectivity index (χ1n) is 6.53. The van der Waals surface area contributed by atoms with Crippen LogP contribution in [-0.4, -0.2) is 29.3 Å². The lowest BCUT2D eigenvalue weighted by Gasteiger charge is -2.39. The molecule has 3 aliphatic rings. The highest BCUT2D eigenvalue weighted by Crippen LogP contribution is 2.48. The van der Waals surface area contributed by atoms with E-state index in [1.165, 1.54) is 25.7 Å². The van der Waals surface area contributed by atoms with Crippen molar-refractivity contribution in [3.63, 3.8) is 0 Å². The van der Waals surface area contributed by atoms with Crippen molar-refractivity contribution in [3.05, 3.63) is 0 Å². The highest BCUT2D eigenvalue weighted by Gasteiger charge is 2.46. The van der Waals surface area contributed by atoms with Crippen molar-refractivity contribution in [3.8, 4) is 0 Å². The lowest BCUT2D eigenvalue weighted by molar-refractivity contribution is -0.124. The Hall–Kier alpha value is -0.370. The third-order valence-electron chi connectivity index (χ3n) is 4.33. The SMILES string of the molecule is CC1CC(=O)CCN1C(C1CC1)C1CC1. The van der Waals surface area contributed by atoms with Crippen molar-refractivity contribution in [1.82, 2.24) is 4.90 Å². The predicted molar refractivity (Wildman–Crippen MR) is 59.6 cm³/mol. The molecule has 2 saturated carbocycles. The summed E-state index contributed by atoms with van der Waals surface area (Å²) in [6.07, 6.45) is 7.38. The number of carbonyl (C=O) groups is 1. The fourth-order valence-corrected chi connectivity index (χ4v) is 3.27. The summed E-state index contributed by atoms with van der Waals surface area (Å²) in [4.78, 5) is 14.0. The second-order valence-electron chi connectivity index (χ2n) is 5.75. The van der Waals surface area contributed by atoms with Crippen LogP contribution >= 0.6 is 0 Å². The first-order valence-corrected chi connectivity index (χ1v) is 6.53. The largest absolute Gasteiger partial charge is 0.300 e. The van der Waals surface area contributed by atoms with Crippen molar-refractivity contribution < 1.29 is 4.79 Å². The van der Waals surface area contributed by atoms with Crippen molar-refractivity contribution in [2.24, 2.45) is 11.8 Å². The Morgan fingerprint density at radius 2 is 1.80 bits per heavy atom. The predicted octanol–water partition coefficient (Wildman–Crippen LogP) is 2.23. The highest BCUT2D eigenvalue weighted by atomic mass is 16.1. The minimum atomic E-state index is 0.476. The number of nitrogens with zero attached hydrogens (tertiary/aromatic N) is 1. The monoisotopic (exact) mass is 207 g/mol. The third kappa shape index (κ3) is 1.96. The van der Waals surface area contributed by atoms with E-state index in [0.29, 0.717) is 11.8 Å². The van der Waals surface area contributed by atoms with Crippen molar-refractivity contribution in [2.75, 3.05) is 6.54 Å². The smallest absolute Gasteiger partial charge is 0.135 e. The Morgan fingerprint density at radius 3 is 2.27 bits per heavy atom. The van der Waals surface area contributed by atoms with Crippen LogP contribution in [0.5, 0.6) is 0 Å². The first-order chi connectivity index (χ1) is 7.25. The molecule has 0 aromatic carbocycles. The third-order valence-corrected chi connectivity index (χ3v) is 4.33. The van der Waals surface area contributed by atoms with Crippen LogP contribution in [0.4, 0.5) is 0 Å². The molecular formula is C13H21NO. The summed E-state index contributed by atoms with van der Waals surface area (Å²) >= 11 is 0. The lowest BCUT2D eigenvalue weighted by atomic mass is 9.96. The molecule has 1 aliphatic heterocycles. The molecule has 0 N–H and O–H groups in total. The van der Waals surface area contributed by atoms with Crippen molar-refractivity contribution in [2.45, 2.75) is 57.5 Å². The molecule has 0 amide bonds. The quantitative estimate of drug-likeness (QED) is 0.707. The molecular weight excluding hydrogens is 186 g/mol. The number of likely N-dealkylation sites (tertiary alicyclic amines) is 1. The van der Waals surface area contributed by atoms with Gasteiger partial charge in [-0.3, -0.25) is 9.69 Å². The van der Waals surface area contributed by atoms with Crippen molar-refractivity contribution >= 4 is 5.78 Å². The zero-order valence-corrected chi connectivity index (χ0v) is 9.61. The average Bonchev–Trinajstić information content (AvgIpc) is 3.02. The zero-order valence-electron chi connectivity index (χ0n) is 9.61. The molecule has 2 nitrogen and oxygen atoms in total. The van der Waals surface area contributed by atoms with Gasteiger partial charge < -0.3 is 0 Å². The summed E-state index contributed by atoms with van der Waals surface area (Å²) in [5.74, 6) is 2.44. The topological polar surface area (TPSA) is 20.3 Å². The van der Waals surface area contributed by atoms with Gasteiger partial charge in [0.25, 0.3) is 0 Å². The number of hydrogen-bond donors (Lipinski definition) is 0. The molecule has 15 heavy (non-hydrogen) atoms. The maximum atomic E-state index is 11.4. The maximum Gasteiger partial charge on any atom is 0.135 e. The van der Waals surface area contributed by atoms with Crippen LogP contribution in [0, 0.1) is 11.8 Å². The van der Waals surface area contributed by atoms with Crippen LogP contribution in [0.15, 0.2) is 0 Å². The standard InChI is InChI=1S/C13H21NO/c1-9-8-12(15)6-7-14(9)13(10-2-3-10)11-4-5-11/h9-11,13H,2-8H2,1H3. The van der Waals surface area contributed by atoms with Crippen LogP contribution in [0.25, 0.3) is 0 Å². The molecule has 0 bridgehead atoms. The van der Waals surface area contributed by atoms with E-state index >= 15 is 0 Å². The van der Waals surface area contributed by atoms with Gasteiger partial charge >= 0.3 is 0 Å². The highest BCUT2D eigenvalue weighted by molar-refractivity contribution is 5.79. The number of rotatable bonds is 3. The van der Waals surface area contributed by atoms with E-state index in [1.807, 2.05) is 0 Å². The molecule has 3 rings (SSSR count). The second kappa shape index (κ2) is 3.58. The minimum absolute atomic E-state index is 0.476. The van der Waals surface area contributed by atoms with E-state index in [-0.39, 0.29) is 0 Å². The molecule has 1 unspecified atom stereocenters. The lowest BCUT2D eigenvalue weighted by Crippen LogP contribution is -2.49. The number of carbonyl (C=O) groups excluding carboxylic acids is 1. The molecule has 3 fully saturated rings. The van der Waals surface area contributed by atoms with E-state index in [0.717, 1.165) is 37.3 Å². The summed E-state index contributed by atoms with van der Waals surface area (Å²) in [6.45, 7) is 3.28. The molecule has 0 radical (unpaired) electrons. The van der Waals surface area contributed by atoms with Crippen molar-refractivity contribution in [1.29, 1.82) is 0 Å². The first kappa shape index (κ1) is 9.83. The number of Topliss-reactive ketones (excluding diaryl/α,β-unsaturated/α-hetero) is 1. The molecule has 0 spiro atoms. The van der Waals surface area contributed by atoms with Crippen LogP contribution in [-0.2, 0) is 4.79 Å². The van der Waals surface area contributed by atoms with Gasteiger partial charge in [-0.05, 0) is 44.4 Å². The molecule has 1 heterocycles. The van der Waals surface area contributed by atoms with Crippen LogP contribution in [0.3, 0.4) is 0 Å². The Bertz CT molecular complexity index is 256. The van der Waals surface area contributed by atoms with Crippen LogP contribution < -0.4 is 0 Å². The van der Waals surface area contributed by atoms with Gasteiger partial charge in [-0.15, -0.1) is 0 Å². The van der Waals surface area contributed by atoms with E-state index < -0.39 is 0 Å². The normalized spacial score (nSPS) is 33.7. The summed E-state index contributed by atoms with van der Waals surface area (Å²) in [5.41, 5.74) is 0. The van der Waals surface area contributed by atoms with E-state index in [9.17, 15) is 4.79 Å². The fraction of sp³-hybridized carbons (Fsp3) is 0.923. The second-order valence-corrected chi connectivity index (χ2v) is 5.75. The Kier molecular flexibility index (Phi) is 2.35. The molecule has 84 valence electrons. The van der Waals surface area contributed by atoms with E-state index in [4.69, 9.17) is 0 Å². The maximum absolute atomic E-state index is 11.4. The fourth-order valence-electron chi connectivity index (χ4n) is 3.27. The van der Waals surface area contributed by atoms with Gasteiger partial charge in [0.2, 0.25) is 0 Å². The molecule has 1 atom stereocenters. The Balaban J connectivity index is 1.70. The van der Waals surface area contributed by atoms with Gasteiger partial charge in [-0.25, -0.2) is 0 Å². The summed E-state index contributed by atoms with van der Waals surface area (Å²) in [7, 11) is 0. The molecule has 1 saturated heterocycles. The molecule has 0 aromatic rings. The zero-order chi connectivity index (χ0) is 10.4. The van der Waals surface area contributed by atoms with Gasteiger partial charge in [-0.1, -0.05) is 0 Å². The van der Waals surface area contributed by atoms with Gasteiger partial charge in [-0.2, -0.15) is 0 Å². The summed E-state index contributed by atoms with van der Waals surface area (Å²) < 4.78 is 0. The van der Waals surface area contributed by atoms with E-state index in [2.05, 4.69) is 11.8 Å². The molecule has 2 aliphatic carbocycles. The molecule has 2 heteroatoms. The average molecular weight is 207 g/mol. The summed E-state index contributed by atoms with van der Waals surface area (Å²) in [6, 6.07) is 1.35. The van der Waals surface area contributed by atoms with Gasteiger partial charge in [0.05, 0.1) is 0 Å². The van der Waals surface area contributed by atoms with Crippen LogP contribution in [0.1, 0.15) is 45.4 Å². The van der Waals surface area contributed by atoms with Crippen LogP contribution in [0.2, 0.25) is 0 Å². The van der Waals surface area contributed by atoms with Gasteiger partial charge in [0.1, 0.15) is 5.78 Å². The van der Waals surface area contributed by atoms with Gasteiger partial charge in [0, 0.05) is 31.5 Å². The van der Waals surface area contributed by atoms with Gasteiger partial charge in [0.15, 0.2) is 0 Å². The Labute approximate surface area is 92.0 Å².